The van der Waals surface area contributed by atoms with Gasteiger partial charge in [-0.25, -0.2) is 0 Å². The van der Waals surface area contributed by atoms with E-state index in [2.05, 4.69) is 5.32 Å². The van der Waals surface area contributed by atoms with Gasteiger partial charge in [0.1, 0.15) is 0 Å². The molecular formula is C13H18N2O3. The summed E-state index contributed by atoms with van der Waals surface area (Å²) in [7, 11) is 0. The number of benzene rings is 1. The van der Waals surface area contributed by atoms with Gasteiger partial charge < -0.3 is 20.5 Å². The van der Waals surface area contributed by atoms with E-state index in [-0.39, 0.29) is 18.7 Å². The van der Waals surface area contributed by atoms with Crippen LogP contribution in [0.1, 0.15) is 24.5 Å². The third-order valence-electron chi connectivity index (χ3n) is 2.81. The van der Waals surface area contributed by atoms with Gasteiger partial charge in [-0.2, -0.15) is 0 Å². The summed E-state index contributed by atoms with van der Waals surface area (Å²) >= 11 is 0. The molecule has 0 saturated carbocycles. The minimum atomic E-state index is -0.122. The summed E-state index contributed by atoms with van der Waals surface area (Å²) in [4.78, 5) is 11.5. The lowest BCUT2D eigenvalue weighted by atomic mass is 10.1. The fourth-order valence-electron chi connectivity index (χ4n) is 1.83. The molecule has 98 valence electrons. The summed E-state index contributed by atoms with van der Waals surface area (Å²) in [6, 6.07) is 3.71. The third kappa shape index (κ3) is 2.92. The first-order chi connectivity index (χ1) is 8.56. The molecule has 0 aromatic heterocycles. The lowest BCUT2D eigenvalue weighted by molar-refractivity contribution is -0.121. The maximum Gasteiger partial charge on any atom is 0.231 e. The van der Waals surface area contributed by atoms with E-state index in [0.29, 0.717) is 13.0 Å². The van der Waals surface area contributed by atoms with E-state index in [4.69, 9.17) is 15.2 Å². The monoisotopic (exact) mass is 250 g/mol. The number of fused-ring (bicyclic) bond motifs is 1. The second-order valence-electron chi connectivity index (χ2n) is 4.59. The first-order valence-electron chi connectivity index (χ1n) is 5.97. The van der Waals surface area contributed by atoms with Crippen molar-refractivity contribution in [3.05, 3.63) is 23.3 Å². The number of nitrogens with two attached hydrogens (primary N) is 1. The first kappa shape index (κ1) is 12.7. The van der Waals surface area contributed by atoms with Crippen molar-refractivity contribution in [3.63, 3.8) is 0 Å². The van der Waals surface area contributed by atoms with Crippen LogP contribution in [-0.2, 0) is 11.3 Å². The zero-order chi connectivity index (χ0) is 13.1. The Bertz CT molecular complexity index is 458. The predicted molar refractivity (Wildman–Crippen MR) is 67.4 cm³/mol. The van der Waals surface area contributed by atoms with Crippen LogP contribution in [0.15, 0.2) is 12.1 Å². The topological polar surface area (TPSA) is 73.6 Å². The fraction of sp³-hybridized carbons (Fsp3) is 0.462. The van der Waals surface area contributed by atoms with Crippen molar-refractivity contribution in [1.82, 2.24) is 5.32 Å². The quantitative estimate of drug-likeness (QED) is 0.838. The summed E-state index contributed by atoms with van der Waals surface area (Å²) in [5.41, 5.74) is 7.66. The SMILES string of the molecule is Cc1cc2c(cc1CNC(=O)CC(C)N)OCO2. The standard InChI is InChI=1S/C13H18N2O3/c1-8-3-11-12(18-7-17-11)5-10(8)6-15-13(16)4-9(2)14/h3,5,9H,4,6-7,14H2,1-2H3,(H,15,16). The van der Waals surface area contributed by atoms with E-state index < -0.39 is 0 Å². The maximum absolute atomic E-state index is 11.5. The van der Waals surface area contributed by atoms with Crippen molar-refractivity contribution in [1.29, 1.82) is 0 Å². The zero-order valence-corrected chi connectivity index (χ0v) is 10.7. The molecule has 3 N–H and O–H groups in total. The predicted octanol–water partition coefficient (Wildman–Crippen LogP) is 1.08. The van der Waals surface area contributed by atoms with Gasteiger partial charge in [0.2, 0.25) is 12.7 Å². The largest absolute Gasteiger partial charge is 0.454 e. The second kappa shape index (κ2) is 5.27. The molecule has 1 heterocycles. The number of nitrogens with one attached hydrogen (secondary N) is 1. The van der Waals surface area contributed by atoms with Crippen LogP contribution in [0.3, 0.4) is 0 Å². The van der Waals surface area contributed by atoms with Gasteiger partial charge in [0, 0.05) is 19.0 Å². The average Bonchev–Trinajstić information content (AvgIpc) is 2.71. The van der Waals surface area contributed by atoms with E-state index in [1.807, 2.05) is 26.0 Å². The summed E-state index contributed by atoms with van der Waals surface area (Å²) in [6.45, 7) is 4.53. The summed E-state index contributed by atoms with van der Waals surface area (Å²) < 4.78 is 10.6. The number of hydrogen-bond donors (Lipinski definition) is 2. The molecule has 1 aromatic carbocycles. The van der Waals surface area contributed by atoms with Crippen LogP contribution in [-0.4, -0.2) is 18.7 Å². The summed E-state index contributed by atoms with van der Waals surface area (Å²) in [5.74, 6) is 1.46. The second-order valence-corrected chi connectivity index (χ2v) is 4.59. The van der Waals surface area contributed by atoms with Crippen LogP contribution in [0.2, 0.25) is 0 Å². The summed E-state index contributed by atoms with van der Waals surface area (Å²) in [6.07, 6.45) is 0.337. The van der Waals surface area contributed by atoms with Gasteiger partial charge in [0.15, 0.2) is 11.5 Å². The highest BCUT2D eigenvalue weighted by atomic mass is 16.7. The van der Waals surface area contributed by atoms with Crippen molar-refractivity contribution in [2.75, 3.05) is 6.79 Å². The Morgan fingerprint density at radius 3 is 2.78 bits per heavy atom. The molecule has 0 fully saturated rings. The Labute approximate surface area is 106 Å². The molecule has 2 rings (SSSR count). The van der Waals surface area contributed by atoms with Crippen molar-refractivity contribution < 1.29 is 14.3 Å². The van der Waals surface area contributed by atoms with E-state index in [1.165, 1.54) is 0 Å². The highest BCUT2D eigenvalue weighted by Crippen LogP contribution is 2.34. The highest BCUT2D eigenvalue weighted by molar-refractivity contribution is 5.76. The molecule has 18 heavy (non-hydrogen) atoms. The van der Waals surface area contributed by atoms with Crippen LogP contribution in [0, 0.1) is 6.92 Å². The molecule has 1 aliphatic rings. The van der Waals surface area contributed by atoms with Crippen molar-refractivity contribution in [2.24, 2.45) is 5.73 Å². The van der Waals surface area contributed by atoms with E-state index in [9.17, 15) is 4.79 Å². The molecule has 0 radical (unpaired) electrons. The van der Waals surface area contributed by atoms with Crippen LogP contribution in [0.4, 0.5) is 0 Å². The molecule has 1 aliphatic heterocycles. The molecular weight excluding hydrogens is 232 g/mol. The van der Waals surface area contributed by atoms with Crippen LogP contribution in [0.5, 0.6) is 11.5 Å². The van der Waals surface area contributed by atoms with E-state index >= 15 is 0 Å². The number of carbonyl (C=O) groups excluding carboxylic acids is 1. The van der Waals surface area contributed by atoms with Gasteiger partial charge in [-0.05, 0) is 37.1 Å². The number of aryl methyl sites for hydroxylation is 1. The van der Waals surface area contributed by atoms with Crippen LogP contribution in [0.25, 0.3) is 0 Å². The molecule has 0 aliphatic carbocycles. The minimum Gasteiger partial charge on any atom is -0.454 e. The molecule has 1 aromatic rings. The molecule has 0 spiro atoms. The lowest BCUT2D eigenvalue weighted by Crippen LogP contribution is -2.29. The number of ether oxygens (including phenoxy) is 2. The van der Waals surface area contributed by atoms with Gasteiger partial charge in [-0.3, -0.25) is 4.79 Å². The van der Waals surface area contributed by atoms with Gasteiger partial charge in [-0.1, -0.05) is 0 Å². The molecule has 1 amide bonds. The molecule has 5 heteroatoms. The number of rotatable bonds is 4. The smallest absolute Gasteiger partial charge is 0.231 e. The van der Waals surface area contributed by atoms with E-state index in [1.54, 1.807) is 0 Å². The Balaban J connectivity index is 1.99. The highest BCUT2D eigenvalue weighted by Gasteiger charge is 2.15. The summed E-state index contributed by atoms with van der Waals surface area (Å²) in [5, 5.41) is 2.85. The molecule has 5 nitrogen and oxygen atoms in total. The van der Waals surface area contributed by atoms with Crippen LogP contribution < -0.4 is 20.5 Å². The number of carbonyl (C=O) groups is 1. The van der Waals surface area contributed by atoms with Crippen LogP contribution >= 0.6 is 0 Å². The first-order valence-corrected chi connectivity index (χ1v) is 5.97. The third-order valence-corrected chi connectivity index (χ3v) is 2.81. The Morgan fingerprint density at radius 1 is 1.44 bits per heavy atom. The minimum absolute atomic E-state index is 0.0398. The normalized spacial score (nSPS) is 14.4. The van der Waals surface area contributed by atoms with E-state index in [0.717, 1.165) is 22.6 Å². The average molecular weight is 250 g/mol. The van der Waals surface area contributed by atoms with Gasteiger partial charge >= 0.3 is 0 Å². The maximum atomic E-state index is 11.5. The molecule has 1 atom stereocenters. The van der Waals surface area contributed by atoms with Crippen molar-refractivity contribution >= 4 is 5.91 Å². The molecule has 0 saturated heterocycles. The Kier molecular flexibility index (Phi) is 3.72. The molecule has 1 unspecified atom stereocenters. The number of amides is 1. The lowest BCUT2D eigenvalue weighted by Gasteiger charge is -2.10. The number of hydrogen-bond acceptors (Lipinski definition) is 4. The zero-order valence-electron chi connectivity index (χ0n) is 10.7. The van der Waals surface area contributed by atoms with Gasteiger partial charge in [0.05, 0.1) is 0 Å². The molecule has 0 bridgehead atoms. The Hall–Kier alpha value is -1.75. The fourth-order valence-corrected chi connectivity index (χ4v) is 1.83. The van der Waals surface area contributed by atoms with Gasteiger partial charge in [-0.15, -0.1) is 0 Å². The van der Waals surface area contributed by atoms with Crippen molar-refractivity contribution in [2.45, 2.75) is 32.9 Å². The van der Waals surface area contributed by atoms with Crippen molar-refractivity contribution in [3.8, 4) is 11.5 Å². The Morgan fingerprint density at radius 2 is 2.11 bits per heavy atom. The van der Waals surface area contributed by atoms with Gasteiger partial charge in [0.25, 0.3) is 0 Å².